The highest BCUT2D eigenvalue weighted by Crippen LogP contribution is 2.33. The van der Waals surface area contributed by atoms with Gasteiger partial charge in [-0.25, -0.2) is 0 Å². The number of nitrogens with zero attached hydrogens (tertiary/aromatic N) is 1. The van der Waals surface area contributed by atoms with Crippen LogP contribution in [0.1, 0.15) is 11.7 Å². The largest absolute Gasteiger partial charge is 0.454 e. The average molecular weight is 296 g/mol. The zero-order chi connectivity index (χ0) is 15.1. The molecule has 1 heterocycles. The Morgan fingerprint density at radius 2 is 2.10 bits per heavy atom. The van der Waals surface area contributed by atoms with Gasteiger partial charge in [-0.1, -0.05) is 6.07 Å². The Morgan fingerprint density at radius 3 is 2.90 bits per heavy atom. The molecule has 0 bridgehead atoms. The number of hydrogen-bond donors (Lipinski definition) is 2. The van der Waals surface area contributed by atoms with Gasteiger partial charge in [0.05, 0.1) is 19.3 Å². The highest BCUT2D eigenvalue weighted by molar-refractivity contribution is 5.45. The molecule has 1 aromatic carbocycles. The Hall–Kier alpha value is -1.34. The summed E-state index contributed by atoms with van der Waals surface area (Å²) in [5, 5.41) is 13.3. The number of ether oxygens (including phenoxy) is 3. The maximum absolute atomic E-state index is 10.1. The van der Waals surface area contributed by atoms with E-state index in [1.54, 1.807) is 0 Å². The fourth-order valence-corrected chi connectivity index (χ4v) is 1.97. The van der Waals surface area contributed by atoms with E-state index in [2.05, 4.69) is 10.2 Å². The smallest absolute Gasteiger partial charge is 0.231 e. The minimum absolute atomic E-state index is 0.247. The lowest BCUT2D eigenvalue weighted by Gasteiger charge is -2.13. The summed E-state index contributed by atoms with van der Waals surface area (Å²) in [5.74, 6) is 1.42. The van der Waals surface area contributed by atoms with Crippen LogP contribution in [0.25, 0.3) is 0 Å². The summed E-state index contributed by atoms with van der Waals surface area (Å²) in [7, 11) is 4.03. The van der Waals surface area contributed by atoms with Crippen LogP contribution in [0.3, 0.4) is 0 Å². The molecule has 1 aliphatic heterocycles. The van der Waals surface area contributed by atoms with Crippen LogP contribution in [0.4, 0.5) is 0 Å². The summed E-state index contributed by atoms with van der Waals surface area (Å²) >= 11 is 0. The van der Waals surface area contributed by atoms with Crippen LogP contribution in [-0.2, 0) is 4.74 Å². The van der Waals surface area contributed by atoms with E-state index in [9.17, 15) is 5.11 Å². The summed E-state index contributed by atoms with van der Waals surface area (Å²) in [6.45, 7) is 3.73. The third-order valence-corrected chi connectivity index (χ3v) is 3.23. The van der Waals surface area contributed by atoms with Crippen LogP contribution in [0.2, 0.25) is 0 Å². The molecule has 1 atom stereocenters. The molecule has 0 saturated carbocycles. The van der Waals surface area contributed by atoms with Crippen molar-refractivity contribution >= 4 is 0 Å². The monoisotopic (exact) mass is 296 g/mol. The zero-order valence-electron chi connectivity index (χ0n) is 12.7. The highest BCUT2D eigenvalue weighted by Gasteiger charge is 2.16. The SMILES string of the molecule is CN(C)CCOCCNCC(O)c1ccc2c(c1)OCO2. The van der Waals surface area contributed by atoms with Gasteiger partial charge >= 0.3 is 0 Å². The van der Waals surface area contributed by atoms with Crippen LogP contribution in [0.5, 0.6) is 11.5 Å². The van der Waals surface area contributed by atoms with E-state index in [0.29, 0.717) is 18.9 Å². The highest BCUT2D eigenvalue weighted by atomic mass is 16.7. The van der Waals surface area contributed by atoms with Crippen molar-refractivity contribution < 1.29 is 19.3 Å². The molecular formula is C15H24N2O4. The molecule has 21 heavy (non-hydrogen) atoms. The molecule has 0 spiro atoms. The second-order valence-corrected chi connectivity index (χ2v) is 5.25. The number of rotatable bonds is 9. The summed E-state index contributed by atoms with van der Waals surface area (Å²) < 4.78 is 16.0. The molecule has 2 rings (SSSR count). The molecule has 6 nitrogen and oxygen atoms in total. The van der Waals surface area contributed by atoms with Gasteiger partial charge < -0.3 is 29.5 Å². The lowest BCUT2D eigenvalue weighted by atomic mass is 10.1. The van der Waals surface area contributed by atoms with Crippen LogP contribution in [0, 0.1) is 0 Å². The maximum Gasteiger partial charge on any atom is 0.231 e. The van der Waals surface area contributed by atoms with Gasteiger partial charge in [0, 0.05) is 19.6 Å². The third kappa shape index (κ3) is 5.17. The molecule has 1 unspecified atom stereocenters. The lowest BCUT2D eigenvalue weighted by Crippen LogP contribution is -2.26. The second-order valence-electron chi connectivity index (χ2n) is 5.25. The number of aliphatic hydroxyl groups excluding tert-OH is 1. The number of fused-ring (bicyclic) bond motifs is 1. The third-order valence-electron chi connectivity index (χ3n) is 3.23. The minimum atomic E-state index is -0.568. The summed E-state index contributed by atoms with van der Waals surface area (Å²) in [4.78, 5) is 2.08. The summed E-state index contributed by atoms with van der Waals surface area (Å²) in [6.07, 6.45) is -0.568. The Morgan fingerprint density at radius 1 is 1.29 bits per heavy atom. The van der Waals surface area contributed by atoms with Gasteiger partial charge in [-0.3, -0.25) is 0 Å². The fourth-order valence-electron chi connectivity index (χ4n) is 1.97. The number of aliphatic hydroxyl groups is 1. The van der Waals surface area contributed by atoms with Gasteiger partial charge in [0.1, 0.15) is 0 Å². The Kier molecular flexibility index (Phi) is 6.25. The van der Waals surface area contributed by atoms with Gasteiger partial charge in [0.15, 0.2) is 11.5 Å². The summed E-state index contributed by atoms with van der Waals surface area (Å²) in [6, 6.07) is 5.50. The topological polar surface area (TPSA) is 63.2 Å². The fraction of sp³-hybridized carbons (Fsp3) is 0.600. The van der Waals surface area contributed by atoms with Crippen LogP contribution < -0.4 is 14.8 Å². The normalized spacial score (nSPS) is 14.7. The number of benzene rings is 1. The van der Waals surface area contributed by atoms with Crippen LogP contribution >= 0.6 is 0 Å². The van der Waals surface area contributed by atoms with Gasteiger partial charge in [0.2, 0.25) is 6.79 Å². The van der Waals surface area contributed by atoms with Gasteiger partial charge in [0.25, 0.3) is 0 Å². The molecule has 1 aliphatic rings. The van der Waals surface area contributed by atoms with E-state index in [0.717, 1.165) is 31.0 Å². The van der Waals surface area contributed by atoms with E-state index < -0.39 is 6.10 Å². The van der Waals surface area contributed by atoms with Gasteiger partial charge in [-0.15, -0.1) is 0 Å². The molecule has 0 saturated heterocycles. The Balaban J connectivity index is 1.62. The number of hydrogen-bond acceptors (Lipinski definition) is 6. The first-order chi connectivity index (χ1) is 10.2. The second kappa shape index (κ2) is 8.19. The predicted octanol–water partition coefficient (Wildman–Crippen LogP) is 0.616. The molecule has 6 heteroatoms. The average Bonchev–Trinajstić information content (AvgIpc) is 2.93. The predicted molar refractivity (Wildman–Crippen MR) is 79.8 cm³/mol. The molecule has 118 valence electrons. The van der Waals surface area contributed by atoms with Crippen LogP contribution in [0.15, 0.2) is 18.2 Å². The molecule has 0 amide bonds. The van der Waals surface area contributed by atoms with Gasteiger partial charge in [-0.05, 0) is 31.8 Å². The zero-order valence-corrected chi connectivity index (χ0v) is 12.7. The lowest BCUT2D eigenvalue weighted by molar-refractivity contribution is 0.114. The standard InChI is InChI=1S/C15H24N2O4/c1-17(2)6-8-19-7-5-16-10-13(18)12-3-4-14-15(9-12)21-11-20-14/h3-4,9,13,16,18H,5-8,10-11H2,1-2H3. The molecule has 0 aliphatic carbocycles. The first-order valence-corrected chi connectivity index (χ1v) is 7.17. The van der Waals surface area contributed by atoms with Crippen molar-refractivity contribution in [2.75, 3.05) is 53.7 Å². The van der Waals surface area contributed by atoms with E-state index >= 15 is 0 Å². The molecule has 1 aromatic rings. The quantitative estimate of drug-likeness (QED) is 0.651. The minimum Gasteiger partial charge on any atom is -0.454 e. The van der Waals surface area contributed by atoms with Crippen molar-refractivity contribution in [3.63, 3.8) is 0 Å². The molecular weight excluding hydrogens is 272 g/mol. The van der Waals surface area contributed by atoms with E-state index in [-0.39, 0.29) is 6.79 Å². The Labute approximate surface area is 125 Å². The summed E-state index contributed by atoms with van der Waals surface area (Å²) in [5.41, 5.74) is 0.820. The van der Waals surface area contributed by atoms with Crippen LogP contribution in [-0.4, -0.2) is 63.7 Å². The molecule has 0 fully saturated rings. The van der Waals surface area contributed by atoms with E-state index in [1.165, 1.54) is 0 Å². The van der Waals surface area contributed by atoms with Crippen molar-refractivity contribution in [3.05, 3.63) is 23.8 Å². The van der Waals surface area contributed by atoms with E-state index in [1.807, 2.05) is 32.3 Å². The number of nitrogens with one attached hydrogen (secondary N) is 1. The van der Waals surface area contributed by atoms with Crippen molar-refractivity contribution in [3.8, 4) is 11.5 Å². The molecule has 0 aromatic heterocycles. The molecule has 2 N–H and O–H groups in total. The molecule has 0 radical (unpaired) electrons. The first kappa shape index (κ1) is 16.0. The first-order valence-electron chi connectivity index (χ1n) is 7.17. The van der Waals surface area contributed by atoms with Crippen molar-refractivity contribution in [2.45, 2.75) is 6.10 Å². The van der Waals surface area contributed by atoms with Crippen molar-refractivity contribution in [1.29, 1.82) is 0 Å². The van der Waals surface area contributed by atoms with Gasteiger partial charge in [-0.2, -0.15) is 0 Å². The maximum atomic E-state index is 10.1. The van der Waals surface area contributed by atoms with Crippen molar-refractivity contribution in [2.24, 2.45) is 0 Å². The number of likely N-dealkylation sites (N-methyl/N-ethyl adjacent to an activating group) is 1. The van der Waals surface area contributed by atoms with E-state index in [4.69, 9.17) is 14.2 Å². The van der Waals surface area contributed by atoms with Crippen molar-refractivity contribution in [1.82, 2.24) is 10.2 Å². The Bertz CT molecular complexity index is 440.